The topological polar surface area (TPSA) is 30.5 Å². The van der Waals surface area contributed by atoms with Gasteiger partial charge in [0.1, 0.15) is 0 Å². The lowest BCUT2D eigenvalue weighted by Crippen LogP contribution is -2.53. The molecule has 1 atom stereocenters. The van der Waals surface area contributed by atoms with Gasteiger partial charge in [-0.3, -0.25) is 0 Å². The second-order valence-corrected chi connectivity index (χ2v) is 5.59. The zero-order chi connectivity index (χ0) is 12.4. The van der Waals surface area contributed by atoms with Crippen LogP contribution in [0.5, 0.6) is 0 Å². The molecule has 0 aromatic heterocycles. The Bertz CT molecular complexity index is 414. The van der Waals surface area contributed by atoms with Crippen LogP contribution in [0.3, 0.4) is 0 Å². The first kappa shape index (κ1) is 12.4. The van der Waals surface area contributed by atoms with Gasteiger partial charge in [0, 0.05) is 23.0 Å². The van der Waals surface area contributed by atoms with Crippen molar-refractivity contribution in [3.05, 3.63) is 34.9 Å². The van der Waals surface area contributed by atoms with Crippen molar-refractivity contribution in [2.24, 2.45) is 0 Å². The number of morpholine rings is 1. The van der Waals surface area contributed by atoms with Crippen molar-refractivity contribution in [2.75, 3.05) is 33.0 Å². The molecule has 2 saturated heterocycles. The average Bonchev–Trinajstić information content (AvgIpc) is 2.36. The number of ether oxygens (including phenoxy) is 2. The van der Waals surface area contributed by atoms with Gasteiger partial charge in [0.05, 0.1) is 26.4 Å². The first-order valence-electron chi connectivity index (χ1n) is 6.44. The van der Waals surface area contributed by atoms with Gasteiger partial charge < -0.3 is 14.8 Å². The summed E-state index contributed by atoms with van der Waals surface area (Å²) in [6.07, 6.45) is 1.02. The SMILES string of the molecule is Clc1ccccc1C1(CC2COCCN2)COC1. The molecule has 2 fully saturated rings. The average molecular weight is 268 g/mol. The van der Waals surface area contributed by atoms with Crippen LogP contribution < -0.4 is 5.32 Å². The normalized spacial score (nSPS) is 26.6. The molecule has 1 unspecified atom stereocenters. The lowest BCUT2D eigenvalue weighted by atomic mass is 9.73. The van der Waals surface area contributed by atoms with Crippen molar-refractivity contribution in [2.45, 2.75) is 17.9 Å². The molecule has 4 heteroatoms. The fraction of sp³-hybridized carbons (Fsp3) is 0.571. The van der Waals surface area contributed by atoms with Gasteiger partial charge in [-0.05, 0) is 18.1 Å². The summed E-state index contributed by atoms with van der Waals surface area (Å²) in [4.78, 5) is 0. The predicted molar refractivity (Wildman–Crippen MR) is 71.2 cm³/mol. The van der Waals surface area contributed by atoms with Gasteiger partial charge in [-0.1, -0.05) is 29.8 Å². The Morgan fingerprint density at radius 3 is 2.72 bits per heavy atom. The van der Waals surface area contributed by atoms with E-state index in [1.54, 1.807) is 0 Å². The molecule has 3 nitrogen and oxygen atoms in total. The maximum Gasteiger partial charge on any atom is 0.0620 e. The van der Waals surface area contributed by atoms with E-state index in [0.717, 1.165) is 44.4 Å². The largest absolute Gasteiger partial charge is 0.379 e. The molecule has 98 valence electrons. The summed E-state index contributed by atoms with van der Waals surface area (Å²) in [5.74, 6) is 0. The summed E-state index contributed by atoms with van der Waals surface area (Å²) < 4.78 is 11.0. The van der Waals surface area contributed by atoms with E-state index in [2.05, 4.69) is 11.4 Å². The summed E-state index contributed by atoms with van der Waals surface area (Å²) in [6.45, 7) is 4.05. The van der Waals surface area contributed by atoms with Crippen LogP contribution in [0, 0.1) is 0 Å². The molecule has 0 radical (unpaired) electrons. The molecule has 3 rings (SSSR count). The second-order valence-electron chi connectivity index (χ2n) is 5.18. The first-order valence-corrected chi connectivity index (χ1v) is 6.82. The van der Waals surface area contributed by atoms with Gasteiger partial charge in [-0.15, -0.1) is 0 Å². The monoisotopic (exact) mass is 267 g/mol. The molecule has 1 aromatic carbocycles. The number of halogens is 1. The van der Waals surface area contributed by atoms with Gasteiger partial charge >= 0.3 is 0 Å². The quantitative estimate of drug-likeness (QED) is 0.909. The molecule has 0 saturated carbocycles. The predicted octanol–water partition coefficient (Wildman–Crippen LogP) is 1.99. The Morgan fingerprint density at radius 2 is 2.11 bits per heavy atom. The standard InChI is InChI=1S/C14H18ClNO2/c15-13-4-2-1-3-12(13)14(9-18-10-14)7-11-8-17-6-5-16-11/h1-4,11,16H,5-10H2. The number of rotatable bonds is 3. The Balaban J connectivity index is 1.79. The summed E-state index contributed by atoms with van der Waals surface area (Å²) >= 11 is 6.33. The molecule has 18 heavy (non-hydrogen) atoms. The third-order valence-corrected chi connectivity index (χ3v) is 4.17. The van der Waals surface area contributed by atoms with Gasteiger partial charge in [0.2, 0.25) is 0 Å². The van der Waals surface area contributed by atoms with Crippen molar-refractivity contribution < 1.29 is 9.47 Å². The Hall–Kier alpha value is -0.610. The molecule has 2 aliphatic heterocycles. The van der Waals surface area contributed by atoms with E-state index in [1.165, 1.54) is 5.56 Å². The summed E-state index contributed by atoms with van der Waals surface area (Å²) in [5, 5.41) is 4.35. The van der Waals surface area contributed by atoms with Crippen LogP contribution in [-0.2, 0) is 14.9 Å². The number of hydrogen-bond donors (Lipinski definition) is 1. The number of hydrogen-bond acceptors (Lipinski definition) is 3. The van der Waals surface area contributed by atoms with Crippen molar-refractivity contribution >= 4 is 11.6 Å². The minimum absolute atomic E-state index is 0.0662. The minimum atomic E-state index is 0.0662. The molecule has 1 aromatic rings. The highest BCUT2D eigenvalue weighted by atomic mass is 35.5. The van der Waals surface area contributed by atoms with Gasteiger partial charge in [-0.2, -0.15) is 0 Å². The van der Waals surface area contributed by atoms with Gasteiger partial charge in [-0.25, -0.2) is 0 Å². The van der Waals surface area contributed by atoms with E-state index < -0.39 is 0 Å². The third-order valence-electron chi connectivity index (χ3n) is 3.84. The third kappa shape index (κ3) is 2.28. The smallest absolute Gasteiger partial charge is 0.0620 e. The second kappa shape index (κ2) is 5.17. The molecule has 2 heterocycles. The maximum atomic E-state index is 6.33. The minimum Gasteiger partial charge on any atom is -0.379 e. The molecular weight excluding hydrogens is 250 g/mol. The fourth-order valence-electron chi connectivity index (χ4n) is 2.85. The van der Waals surface area contributed by atoms with E-state index in [0.29, 0.717) is 6.04 Å². The molecule has 2 aliphatic rings. The summed E-state index contributed by atoms with van der Waals surface area (Å²) in [6, 6.07) is 8.50. The van der Waals surface area contributed by atoms with Crippen molar-refractivity contribution in [3.63, 3.8) is 0 Å². The lowest BCUT2D eigenvalue weighted by molar-refractivity contribution is -0.0752. The first-order chi connectivity index (χ1) is 8.80. The highest BCUT2D eigenvalue weighted by Crippen LogP contribution is 2.40. The highest BCUT2D eigenvalue weighted by molar-refractivity contribution is 6.31. The Labute approximate surface area is 112 Å². The Kier molecular flexibility index (Phi) is 3.57. The highest BCUT2D eigenvalue weighted by Gasteiger charge is 2.43. The van der Waals surface area contributed by atoms with E-state index in [1.807, 2.05) is 18.2 Å². The van der Waals surface area contributed by atoms with Crippen molar-refractivity contribution in [1.29, 1.82) is 0 Å². The fourth-order valence-corrected chi connectivity index (χ4v) is 3.18. The zero-order valence-corrected chi connectivity index (χ0v) is 11.1. The zero-order valence-electron chi connectivity index (χ0n) is 10.3. The molecule has 0 aliphatic carbocycles. The Morgan fingerprint density at radius 1 is 1.28 bits per heavy atom. The number of benzene rings is 1. The van der Waals surface area contributed by atoms with Gasteiger partial charge in [0.25, 0.3) is 0 Å². The van der Waals surface area contributed by atoms with Crippen LogP contribution >= 0.6 is 11.6 Å². The lowest BCUT2D eigenvalue weighted by Gasteiger charge is -2.45. The maximum absolute atomic E-state index is 6.33. The molecule has 0 bridgehead atoms. The van der Waals surface area contributed by atoms with Crippen LogP contribution in [0.1, 0.15) is 12.0 Å². The number of nitrogens with one attached hydrogen (secondary N) is 1. The summed E-state index contributed by atoms with van der Waals surface area (Å²) in [5.41, 5.74) is 1.28. The van der Waals surface area contributed by atoms with Crippen molar-refractivity contribution in [1.82, 2.24) is 5.32 Å². The molecule has 0 amide bonds. The van der Waals surface area contributed by atoms with Gasteiger partial charge in [0.15, 0.2) is 0 Å². The molecule has 1 N–H and O–H groups in total. The van der Waals surface area contributed by atoms with E-state index in [4.69, 9.17) is 21.1 Å². The van der Waals surface area contributed by atoms with Crippen LogP contribution in [-0.4, -0.2) is 39.0 Å². The van der Waals surface area contributed by atoms with E-state index >= 15 is 0 Å². The van der Waals surface area contributed by atoms with E-state index in [9.17, 15) is 0 Å². The summed E-state index contributed by atoms with van der Waals surface area (Å²) in [7, 11) is 0. The molecule has 0 spiro atoms. The van der Waals surface area contributed by atoms with Crippen molar-refractivity contribution in [3.8, 4) is 0 Å². The molecular formula is C14H18ClNO2. The van der Waals surface area contributed by atoms with E-state index in [-0.39, 0.29) is 5.41 Å². The van der Waals surface area contributed by atoms with Crippen LogP contribution in [0.25, 0.3) is 0 Å². The van der Waals surface area contributed by atoms with Crippen LogP contribution in [0.2, 0.25) is 5.02 Å². The van der Waals surface area contributed by atoms with Crippen LogP contribution in [0.15, 0.2) is 24.3 Å². The van der Waals surface area contributed by atoms with Crippen LogP contribution in [0.4, 0.5) is 0 Å².